The second-order valence-electron chi connectivity index (χ2n) is 3.18. The molecule has 0 saturated heterocycles. The number of methoxy groups -OCH3 is 2. The van der Waals surface area contributed by atoms with Crippen molar-refractivity contribution in [2.45, 2.75) is 0 Å². The lowest BCUT2D eigenvalue weighted by Gasteiger charge is -2.07. The van der Waals surface area contributed by atoms with E-state index in [2.05, 4.69) is 20.2 Å². The third-order valence-electron chi connectivity index (χ3n) is 2.15. The molecule has 1 aromatic heterocycles. The van der Waals surface area contributed by atoms with Crippen LogP contribution in [0.3, 0.4) is 0 Å². The molecule has 6 heteroatoms. The van der Waals surface area contributed by atoms with Gasteiger partial charge in [-0.05, 0) is 23.8 Å². The number of aromatic nitrogens is 3. The number of aliphatic imine (C=N–C) groups is 1. The highest BCUT2D eigenvalue weighted by molar-refractivity contribution is 5.82. The molecule has 0 aliphatic carbocycles. The fourth-order valence-electron chi connectivity index (χ4n) is 1.33. The van der Waals surface area contributed by atoms with Crippen LogP contribution in [0.5, 0.6) is 11.5 Å². The summed E-state index contributed by atoms with van der Waals surface area (Å²) >= 11 is 0. The van der Waals surface area contributed by atoms with Crippen molar-refractivity contribution in [3.63, 3.8) is 0 Å². The SMILES string of the molecule is COc1ccc(/C=N\c2ncn[nH]2)cc1OC. The smallest absolute Gasteiger partial charge is 0.245 e. The first-order valence-electron chi connectivity index (χ1n) is 4.95. The summed E-state index contributed by atoms with van der Waals surface area (Å²) in [4.78, 5) is 8.00. The van der Waals surface area contributed by atoms with E-state index in [-0.39, 0.29) is 0 Å². The molecule has 1 heterocycles. The van der Waals surface area contributed by atoms with Crippen molar-refractivity contribution in [3.05, 3.63) is 30.1 Å². The summed E-state index contributed by atoms with van der Waals surface area (Å²) in [5.74, 6) is 1.80. The maximum atomic E-state index is 5.19. The maximum absolute atomic E-state index is 5.19. The van der Waals surface area contributed by atoms with E-state index < -0.39 is 0 Å². The molecule has 0 aliphatic heterocycles. The largest absolute Gasteiger partial charge is 0.493 e. The van der Waals surface area contributed by atoms with Gasteiger partial charge < -0.3 is 9.47 Å². The van der Waals surface area contributed by atoms with Gasteiger partial charge >= 0.3 is 0 Å². The van der Waals surface area contributed by atoms with Crippen LogP contribution in [0.1, 0.15) is 5.56 Å². The lowest BCUT2D eigenvalue weighted by molar-refractivity contribution is 0.355. The van der Waals surface area contributed by atoms with Crippen LogP contribution in [0.15, 0.2) is 29.5 Å². The molecule has 0 spiro atoms. The topological polar surface area (TPSA) is 72.4 Å². The van der Waals surface area contributed by atoms with Gasteiger partial charge in [0.2, 0.25) is 5.95 Å². The molecule has 0 unspecified atom stereocenters. The van der Waals surface area contributed by atoms with E-state index in [0.717, 1.165) is 5.56 Å². The molecule has 88 valence electrons. The van der Waals surface area contributed by atoms with Crippen molar-refractivity contribution in [1.29, 1.82) is 0 Å². The Bertz CT molecular complexity index is 508. The molecule has 1 N–H and O–H groups in total. The summed E-state index contributed by atoms with van der Waals surface area (Å²) in [7, 11) is 3.19. The van der Waals surface area contributed by atoms with Crippen molar-refractivity contribution >= 4 is 12.2 Å². The van der Waals surface area contributed by atoms with E-state index >= 15 is 0 Å². The zero-order valence-corrected chi connectivity index (χ0v) is 9.54. The lowest BCUT2D eigenvalue weighted by Crippen LogP contribution is -1.92. The number of hydrogen-bond acceptors (Lipinski definition) is 5. The number of ether oxygens (including phenoxy) is 2. The van der Waals surface area contributed by atoms with Crippen LogP contribution in [-0.2, 0) is 0 Å². The summed E-state index contributed by atoms with van der Waals surface area (Å²) in [5, 5.41) is 6.34. The molecule has 0 radical (unpaired) electrons. The van der Waals surface area contributed by atoms with Crippen molar-refractivity contribution in [2.24, 2.45) is 4.99 Å². The zero-order chi connectivity index (χ0) is 12.1. The molecule has 0 bridgehead atoms. The quantitative estimate of drug-likeness (QED) is 0.812. The van der Waals surface area contributed by atoms with Crippen molar-refractivity contribution in [2.75, 3.05) is 14.2 Å². The number of nitrogens with zero attached hydrogens (tertiary/aromatic N) is 3. The second-order valence-corrected chi connectivity index (χ2v) is 3.18. The summed E-state index contributed by atoms with van der Waals surface area (Å²) in [6.07, 6.45) is 3.07. The monoisotopic (exact) mass is 232 g/mol. The van der Waals surface area contributed by atoms with Crippen LogP contribution < -0.4 is 9.47 Å². The van der Waals surface area contributed by atoms with E-state index in [1.807, 2.05) is 18.2 Å². The highest BCUT2D eigenvalue weighted by Gasteiger charge is 2.02. The average Bonchev–Trinajstić information content (AvgIpc) is 2.89. The van der Waals surface area contributed by atoms with Crippen LogP contribution in [0, 0.1) is 0 Å². The first kappa shape index (κ1) is 11.1. The third kappa shape index (κ3) is 2.60. The predicted octanol–water partition coefficient (Wildman–Crippen LogP) is 1.57. The molecule has 2 aromatic rings. The molecule has 0 aliphatic rings. The van der Waals surface area contributed by atoms with E-state index in [0.29, 0.717) is 17.4 Å². The van der Waals surface area contributed by atoms with Gasteiger partial charge in [-0.1, -0.05) is 0 Å². The molecule has 0 amide bonds. The number of hydrogen-bond donors (Lipinski definition) is 1. The Morgan fingerprint density at radius 3 is 2.71 bits per heavy atom. The number of nitrogens with one attached hydrogen (secondary N) is 1. The Balaban J connectivity index is 2.22. The molecule has 0 fully saturated rings. The predicted molar refractivity (Wildman–Crippen MR) is 63.2 cm³/mol. The number of rotatable bonds is 4. The van der Waals surface area contributed by atoms with E-state index in [9.17, 15) is 0 Å². The summed E-state index contributed by atoms with van der Waals surface area (Å²) < 4.78 is 10.3. The fraction of sp³-hybridized carbons (Fsp3) is 0.182. The van der Waals surface area contributed by atoms with Crippen LogP contribution >= 0.6 is 0 Å². The normalized spacial score (nSPS) is 10.7. The van der Waals surface area contributed by atoms with Crippen molar-refractivity contribution in [3.8, 4) is 11.5 Å². The van der Waals surface area contributed by atoms with Gasteiger partial charge in [-0.15, -0.1) is 0 Å². The van der Waals surface area contributed by atoms with Crippen molar-refractivity contribution < 1.29 is 9.47 Å². The standard InChI is InChI=1S/C11H12N4O2/c1-16-9-4-3-8(5-10(9)17-2)6-12-11-13-7-14-15-11/h3-7H,1-2H3,(H,13,14,15)/b12-6-. The Labute approximate surface area is 98.3 Å². The Morgan fingerprint density at radius 2 is 2.06 bits per heavy atom. The van der Waals surface area contributed by atoms with Crippen LogP contribution in [0.2, 0.25) is 0 Å². The molecule has 0 saturated carbocycles. The van der Waals surface area contributed by atoms with Gasteiger partial charge in [0.15, 0.2) is 11.5 Å². The number of H-pyrrole nitrogens is 1. The fourth-order valence-corrected chi connectivity index (χ4v) is 1.33. The molecular weight excluding hydrogens is 220 g/mol. The van der Waals surface area contributed by atoms with E-state index in [4.69, 9.17) is 9.47 Å². The summed E-state index contributed by atoms with van der Waals surface area (Å²) in [5.41, 5.74) is 0.888. The van der Waals surface area contributed by atoms with Gasteiger partial charge in [0.05, 0.1) is 14.2 Å². The first-order valence-corrected chi connectivity index (χ1v) is 4.95. The van der Waals surface area contributed by atoms with Crippen LogP contribution in [0.25, 0.3) is 0 Å². The van der Waals surface area contributed by atoms with Crippen LogP contribution in [0.4, 0.5) is 5.95 Å². The van der Waals surface area contributed by atoms with Crippen LogP contribution in [-0.4, -0.2) is 35.6 Å². The van der Waals surface area contributed by atoms with Gasteiger partial charge in [0, 0.05) is 6.21 Å². The summed E-state index contributed by atoms with van der Waals surface area (Å²) in [6, 6.07) is 5.53. The Kier molecular flexibility index (Phi) is 3.34. The minimum absolute atomic E-state index is 0.458. The lowest BCUT2D eigenvalue weighted by atomic mass is 10.2. The van der Waals surface area contributed by atoms with Gasteiger partial charge in [-0.3, -0.25) is 0 Å². The maximum Gasteiger partial charge on any atom is 0.245 e. The Morgan fingerprint density at radius 1 is 1.24 bits per heavy atom. The minimum Gasteiger partial charge on any atom is -0.493 e. The Hall–Kier alpha value is -2.37. The van der Waals surface area contributed by atoms with Gasteiger partial charge in [0.1, 0.15) is 6.33 Å². The minimum atomic E-state index is 0.458. The second kappa shape index (κ2) is 5.11. The van der Waals surface area contributed by atoms with Gasteiger partial charge in [0.25, 0.3) is 0 Å². The van der Waals surface area contributed by atoms with Gasteiger partial charge in [-0.25, -0.2) is 10.1 Å². The first-order chi connectivity index (χ1) is 8.33. The van der Waals surface area contributed by atoms with E-state index in [1.165, 1.54) is 6.33 Å². The number of aromatic amines is 1. The summed E-state index contributed by atoms with van der Waals surface area (Å²) in [6.45, 7) is 0. The zero-order valence-electron chi connectivity index (χ0n) is 9.54. The van der Waals surface area contributed by atoms with Crippen molar-refractivity contribution in [1.82, 2.24) is 15.2 Å². The highest BCUT2D eigenvalue weighted by atomic mass is 16.5. The molecule has 17 heavy (non-hydrogen) atoms. The molecular formula is C11H12N4O2. The average molecular weight is 232 g/mol. The molecule has 0 atom stereocenters. The number of benzene rings is 1. The molecule has 1 aromatic carbocycles. The van der Waals surface area contributed by atoms with E-state index in [1.54, 1.807) is 20.4 Å². The molecule has 6 nitrogen and oxygen atoms in total. The highest BCUT2D eigenvalue weighted by Crippen LogP contribution is 2.26. The van der Waals surface area contributed by atoms with Gasteiger partial charge in [-0.2, -0.15) is 10.1 Å². The third-order valence-corrected chi connectivity index (χ3v) is 2.15. The molecule has 2 rings (SSSR count).